The molecular formula is C27H22ClN3O2S. The van der Waals surface area contributed by atoms with Crippen LogP contribution in [0.3, 0.4) is 0 Å². The molecule has 170 valence electrons. The topological polar surface area (TPSA) is 73.2 Å². The highest BCUT2D eigenvalue weighted by Crippen LogP contribution is 2.42. The van der Waals surface area contributed by atoms with Gasteiger partial charge < -0.3 is 5.32 Å². The number of nitrogens with zero attached hydrogens (tertiary/aromatic N) is 2. The third-order valence-electron chi connectivity index (χ3n) is 5.43. The molecule has 0 radical (unpaired) electrons. The van der Waals surface area contributed by atoms with Crippen molar-refractivity contribution < 1.29 is 9.59 Å². The van der Waals surface area contributed by atoms with Gasteiger partial charge in [0.1, 0.15) is 16.7 Å². The minimum absolute atomic E-state index is 0.0723. The van der Waals surface area contributed by atoms with E-state index in [0.717, 1.165) is 11.1 Å². The summed E-state index contributed by atoms with van der Waals surface area (Å²) in [7, 11) is 0. The lowest BCUT2D eigenvalue weighted by molar-refractivity contribution is -0.117. The summed E-state index contributed by atoms with van der Waals surface area (Å²) in [6, 6.07) is 28.3. The van der Waals surface area contributed by atoms with Crippen LogP contribution in [0.1, 0.15) is 11.1 Å². The van der Waals surface area contributed by atoms with Gasteiger partial charge in [0.25, 0.3) is 5.91 Å². The fraction of sp³-hybridized carbons (Fsp3) is 0.148. The molecule has 4 rings (SSSR count). The minimum Gasteiger partial charge on any atom is -0.351 e. The Balaban J connectivity index is 1.61. The van der Waals surface area contributed by atoms with Crippen molar-refractivity contribution in [3.63, 3.8) is 0 Å². The molecule has 1 saturated heterocycles. The number of carbonyl (C=O) groups excluding carboxylic acids is 2. The van der Waals surface area contributed by atoms with Crippen molar-refractivity contribution in [3.05, 3.63) is 112 Å². The van der Waals surface area contributed by atoms with Gasteiger partial charge in [-0.15, -0.1) is 0 Å². The fourth-order valence-electron chi connectivity index (χ4n) is 3.72. The largest absolute Gasteiger partial charge is 0.351 e. The van der Waals surface area contributed by atoms with Crippen LogP contribution in [0.15, 0.2) is 95.5 Å². The van der Waals surface area contributed by atoms with E-state index in [1.54, 1.807) is 18.2 Å². The molecule has 1 aliphatic rings. The first-order valence-electron chi connectivity index (χ1n) is 10.8. The summed E-state index contributed by atoms with van der Waals surface area (Å²) in [5, 5.41) is 13.1. The third-order valence-corrected chi connectivity index (χ3v) is 7.06. The van der Waals surface area contributed by atoms with Crippen molar-refractivity contribution in [1.29, 1.82) is 5.26 Å². The second kappa shape index (κ2) is 11.1. The predicted molar refractivity (Wildman–Crippen MR) is 136 cm³/mol. The SMILES string of the molecule is N#C/C(C(=O)NCCc1ccccc1)=C1/S[C@H](Cc2ccccc2Cl)C(=O)N1c1ccccc1. The number of rotatable bonds is 7. The number of amides is 2. The summed E-state index contributed by atoms with van der Waals surface area (Å²) in [6.45, 7) is 0.383. The molecule has 1 atom stereocenters. The summed E-state index contributed by atoms with van der Waals surface area (Å²) in [4.78, 5) is 27.9. The first-order valence-corrected chi connectivity index (χ1v) is 12.1. The predicted octanol–water partition coefficient (Wildman–Crippen LogP) is 5.13. The molecule has 5 nitrogen and oxygen atoms in total. The van der Waals surface area contributed by atoms with Crippen LogP contribution in [-0.4, -0.2) is 23.6 Å². The van der Waals surface area contributed by atoms with Crippen LogP contribution in [0, 0.1) is 11.3 Å². The van der Waals surface area contributed by atoms with E-state index in [2.05, 4.69) is 5.32 Å². The lowest BCUT2D eigenvalue weighted by atomic mass is 10.1. The van der Waals surface area contributed by atoms with Gasteiger partial charge in [0.15, 0.2) is 0 Å². The molecular weight excluding hydrogens is 466 g/mol. The summed E-state index contributed by atoms with van der Waals surface area (Å²) in [6.07, 6.45) is 1.04. The Bertz CT molecular complexity index is 1260. The molecule has 0 saturated carbocycles. The van der Waals surface area contributed by atoms with Gasteiger partial charge >= 0.3 is 0 Å². The second-order valence-corrected chi connectivity index (χ2v) is 9.29. The average molecular weight is 488 g/mol. The Morgan fingerprint density at radius 2 is 1.65 bits per heavy atom. The molecule has 3 aromatic rings. The Morgan fingerprint density at radius 1 is 1.00 bits per heavy atom. The quantitative estimate of drug-likeness (QED) is 0.370. The van der Waals surface area contributed by atoms with Crippen molar-refractivity contribution in [2.75, 3.05) is 11.4 Å². The van der Waals surface area contributed by atoms with E-state index in [1.165, 1.54) is 16.7 Å². The number of para-hydroxylation sites is 1. The number of anilines is 1. The number of carbonyl (C=O) groups is 2. The highest BCUT2D eigenvalue weighted by atomic mass is 35.5. The molecule has 0 aliphatic carbocycles. The maximum Gasteiger partial charge on any atom is 0.264 e. The molecule has 0 spiro atoms. The van der Waals surface area contributed by atoms with Gasteiger partial charge in [-0.05, 0) is 42.2 Å². The lowest BCUT2D eigenvalue weighted by Gasteiger charge is -2.18. The van der Waals surface area contributed by atoms with Gasteiger partial charge in [0.05, 0.1) is 5.25 Å². The summed E-state index contributed by atoms with van der Waals surface area (Å²) < 4.78 is 0. The van der Waals surface area contributed by atoms with Crippen LogP contribution in [0.25, 0.3) is 0 Å². The summed E-state index contributed by atoms with van der Waals surface area (Å²) >= 11 is 7.56. The van der Waals surface area contributed by atoms with Crippen molar-refractivity contribution in [1.82, 2.24) is 5.32 Å². The number of nitriles is 1. The molecule has 34 heavy (non-hydrogen) atoms. The van der Waals surface area contributed by atoms with E-state index in [1.807, 2.05) is 72.8 Å². The smallest absolute Gasteiger partial charge is 0.264 e. The number of benzene rings is 3. The van der Waals surface area contributed by atoms with Crippen LogP contribution >= 0.6 is 23.4 Å². The molecule has 0 unspecified atom stereocenters. The maximum absolute atomic E-state index is 13.5. The van der Waals surface area contributed by atoms with Crippen LogP contribution in [0.4, 0.5) is 5.69 Å². The minimum atomic E-state index is -0.504. The van der Waals surface area contributed by atoms with Gasteiger partial charge in [-0.25, -0.2) is 0 Å². The van der Waals surface area contributed by atoms with Crippen LogP contribution in [0.5, 0.6) is 0 Å². The monoisotopic (exact) mass is 487 g/mol. The molecule has 1 N–H and O–H groups in total. The molecule has 3 aromatic carbocycles. The summed E-state index contributed by atoms with van der Waals surface area (Å²) in [5.41, 5.74) is 2.47. The zero-order chi connectivity index (χ0) is 23.9. The number of nitrogens with one attached hydrogen (secondary N) is 1. The third kappa shape index (κ3) is 5.33. The highest BCUT2D eigenvalue weighted by Gasteiger charge is 2.40. The number of hydrogen-bond donors (Lipinski definition) is 1. The molecule has 1 heterocycles. The van der Waals surface area contributed by atoms with Crippen molar-refractivity contribution in [2.24, 2.45) is 0 Å². The molecule has 1 fully saturated rings. The van der Waals surface area contributed by atoms with E-state index >= 15 is 0 Å². The first-order chi connectivity index (χ1) is 16.6. The van der Waals surface area contributed by atoms with Crippen LogP contribution in [-0.2, 0) is 22.4 Å². The molecule has 2 amide bonds. The second-order valence-electron chi connectivity index (χ2n) is 7.69. The van der Waals surface area contributed by atoms with E-state index in [-0.39, 0.29) is 11.5 Å². The van der Waals surface area contributed by atoms with E-state index < -0.39 is 11.2 Å². The molecule has 1 aliphatic heterocycles. The summed E-state index contributed by atoms with van der Waals surface area (Å²) in [5.74, 6) is -0.677. The van der Waals surface area contributed by atoms with Gasteiger partial charge in [0, 0.05) is 17.3 Å². The zero-order valence-electron chi connectivity index (χ0n) is 18.3. The van der Waals surface area contributed by atoms with Gasteiger partial charge in [-0.3, -0.25) is 14.5 Å². The molecule has 0 aromatic heterocycles. The average Bonchev–Trinajstić information content (AvgIpc) is 3.17. The fourth-order valence-corrected chi connectivity index (χ4v) is 5.22. The van der Waals surface area contributed by atoms with Gasteiger partial charge in [-0.1, -0.05) is 90.1 Å². The molecule has 0 bridgehead atoms. The Kier molecular flexibility index (Phi) is 7.69. The van der Waals surface area contributed by atoms with E-state index in [9.17, 15) is 14.9 Å². The highest BCUT2D eigenvalue weighted by molar-refractivity contribution is 8.05. The normalized spacial score (nSPS) is 16.8. The van der Waals surface area contributed by atoms with Gasteiger partial charge in [-0.2, -0.15) is 5.26 Å². The lowest BCUT2D eigenvalue weighted by Crippen LogP contribution is -2.32. The number of halogens is 1. The Hall–Kier alpha value is -3.53. The van der Waals surface area contributed by atoms with E-state index in [4.69, 9.17) is 11.6 Å². The Labute approximate surface area is 208 Å². The zero-order valence-corrected chi connectivity index (χ0v) is 19.9. The van der Waals surface area contributed by atoms with E-state index in [0.29, 0.717) is 35.1 Å². The first kappa shape index (κ1) is 23.6. The van der Waals surface area contributed by atoms with Crippen LogP contribution in [0.2, 0.25) is 5.02 Å². The Morgan fingerprint density at radius 3 is 2.32 bits per heavy atom. The van der Waals surface area contributed by atoms with Crippen LogP contribution < -0.4 is 10.2 Å². The van der Waals surface area contributed by atoms with Gasteiger partial charge in [0.2, 0.25) is 5.91 Å². The van der Waals surface area contributed by atoms with Crippen molar-refractivity contribution in [2.45, 2.75) is 18.1 Å². The maximum atomic E-state index is 13.5. The van der Waals surface area contributed by atoms with Crippen molar-refractivity contribution in [3.8, 4) is 6.07 Å². The number of thioether (sulfide) groups is 1. The standard InChI is InChI=1S/C27H22ClN3O2S/c28-23-14-8-7-11-20(23)17-24-26(33)31(21-12-5-2-6-13-21)27(34-24)22(18-29)25(32)30-16-15-19-9-3-1-4-10-19/h1-14,24H,15-17H2,(H,30,32)/b27-22-/t24-/m1/s1. The van der Waals surface area contributed by atoms with Crippen molar-refractivity contribution >= 4 is 40.9 Å². The number of hydrogen-bond acceptors (Lipinski definition) is 4. The molecule has 7 heteroatoms.